The van der Waals surface area contributed by atoms with Gasteiger partial charge in [-0.1, -0.05) is 31.5 Å². The van der Waals surface area contributed by atoms with E-state index in [0.29, 0.717) is 0 Å². The van der Waals surface area contributed by atoms with Gasteiger partial charge >= 0.3 is 0 Å². The molecule has 0 aromatic carbocycles. The van der Waals surface area contributed by atoms with Crippen LogP contribution in [0.25, 0.3) is 0 Å². The largest absolute Gasteiger partial charge is 0.414 e. The van der Waals surface area contributed by atoms with Crippen LogP contribution in [0.4, 0.5) is 0 Å². The lowest BCUT2D eigenvalue weighted by atomic mass is 10.2. The first kappa shape index (κ1) is 11.9. The van der Waals surface area contributed by atoms with Gasteiger partial charge in [-0.05, 0) is 26.4 Å². The normalized spacial score (nSPS) is 12.7. The summed E-state index contributed by atoms with van der Waals surface area (Å²) in [6, 6.07) is 0. The van der Waals surface area contributed by atoms with Crippen LogP contribution in [-0.4, -0.2) is 14.9 Å². The van der Waals surface area contributed by atoms with Crippen molar-refractivity contribution in [2.24, 2.45) is 0 Å². The molecule has 0 aliphatic carbocycles. The van der Waals surface area contributed by atoms with E-state index in [0.717, 1.165) is 6.61 Å². The van der Waals surface area contributed by atoms with Crippen LogP contribution >= 0.6 is 0 Å². The molecule has 0 unspecified atom stereocenters. The summed E-state index contributed by atoms with van der Waals surface area (Å²) in [7, 11) is -1.43. The Kier molecular flexibility index (Phi) is 6.39. The minimum atomic E-state index is -1.43. The van der Waals surface area contributed by atoms with Crippen LogP contribution in [0, 0.1) is 0 Å². The quantitative estimate of drug-likeness (QED) is 0.455. The SMILES string of the molecule is CCCCC=C[Si](C)(C)OCC. The summed E-state index contributed by atoms with van der Waals surface area (Å²) in [6.07, 6.45) is 6.07. The van der Waals surface area contributed by atoms with Gasteiger partial charge in [0.25, 0.3) is 0 Å². The molecule has 0 bridgehead atoms. The Hall–Kier alpha value is -0.0831. The van der Waals surface area contributed by atoms with Crippen LogP contribution in [0.3, 0.4) is 0 Å². The summed E-state index contributed by atoms with van der Waals surface area (Å²) in [4.78, 5) is 0. The number of hydrogen-bond acceptors (Lipinski definition) is 1. The highest BCUT2D eigenvalue weighted by Gasteiger charge is 2.16. The molecule has 0 atom stereocenters. The van der Waals surface area contributed by atoms with Gasteiger partial charge in [0.1, 0.15) is 0 Å². The second-order valence-corrected chi connectivity index (χ2v) is 7.41. The Morgan fingerprint density at radius 2 is 1.92 bits per heavy atom. The van der Waals surface area contributed by atoms with Crippen molar-refractivity contribution in [3.63, 3.8) is 0 Å². The van der Waals surface area contributed by atoms with Gasteiger partial charge in [0.15, 0.2) is 0 Å². The molecule has 0 aromatic rings. The Labute approximate surface area is 78.0 Å². The molecule has 0 aliphatic heterocycles. The topological polar surface area (TPSA) is 9.23 Å². The molecular weight excluding hydrogens is 164 g/mol. The molecule has 0 amide bonds. The average Bonchev–Trinajstić information content (AvgIpc) is 1.98. The highest BCUT2D eigenvalue weighted by Crippen LogP contribution is 2.07. The third kappa shape index (κ3) is 6.62. The van der Waals surface area contributed by atoms with Crippen LogP contribution < -0.4 is 0 Å². The number of allylic oxidation sites excluding steroid dienone is 1. The minimum Gasteiger partial charge on any atom is -0.414 e. The molecule has 0 N–H and O–H groups in total. The van der Waals surface area contributed by atoms with E-state index in [1.54, 1.807) is 0 Å². The molecule has 72 valence electrons. The summed E-state index contributed by atoms with van der Waals surface area (Å²) in [5, 5.41) is 0. The zero-order valence-corrected chi connectivity index (χ0v) is 9.89. The second-order valence-electron chi connectivity index (χ2n) is 3.58. The number of hydrogen-bond donors (Lipinski definition) is 0. The first-order valence-corrected chi connectivity index (χ1v) is 7.92. The van der Waals surface area contributed by atoms with Gasteiger partial charge in [-0.3, -0.25) is 0 Å². The summed E-state index contributed by atoms with van der Waals surface area (Å²) in [5.41, 5.74) is 2.30. The zero-order chi connectivity index (χ0) is 9.45. The van der Waals surface area contributed by atoms with Crippen LogP contribution in [0.1, 0.15) is 33.1 Å². The Morgan fingerprint density at radius 3 is 2.42 bits per heavy atom. The van der Waals surface area contributed by atoms with Gasteiger partial charge in [0.2, 0.25) is 8.32 Å². The van der Waals surface area contributed by atoms with E-state index in [9.17, 15) is 0 Å². The van der Waals surface area contributed by atoms with Crippen molar-refractivity contribution in [2.75, 3.05) is 6.61 Å². The molecule has 0 aromatic heterocycles. The maximum Gasteiger partial charge on any atom is 0.210 e. The zero-order valence-electron chi connectivity index (χ0n) is 8.89. The molecule has 12 heavy (non-hydrogen) atoms. The molecule has 1 nitrogen and oxygen atoms in total. The van der Waals surface area contributed by atoms with Gasteiger partial charge in [-0.15, -0.1) is 0 Å². The Bertz CT molecular complexity index is 130. The third-order valence-electron chi connectivity index (χ3n) is 1.76. The lowest BCUT2D eigenvalue weighted by Gasteiger charge is -2.16. The van der Waals surface area contributed by atoms with Crippen molar-refractivity contribution in [2.45, 2.75) is 46.2 Å². The molecule has 0 saturated carbocycles. The second kappa shape index (κ2) is 6.43. The Morgan fingerprint density at radius 1 is 1.25 bits per heavy atom. The lowest BCUT2D eigenvalue weighted by molar-refractivity contribution is 0.338. The van der Waals surface area contributed by atoms with Gasteiger partial charge in [0, 0.05) is 6.61 Å². The predicted molar refractivity (Wildman–Crippen MR) is 57.8 cm³/mol. The molecule has 0 heterocycles. The molecule has 0 fully saturated rings. The summed E-state index contributed by atoms with van der Waals surface area (Å²) >= 11 is 0. The van der Waals surface area contributed by atoms with Crippen LogP contribution in [0.2, 0.25) is 13.1 Å². The van der Waals surface area contributed by atoms with Gasteiger partial charge in [-0.2, -0.15) is 0 Å². The van der Waals surface area contributed by atoms with E-state index >= 15 is 0 Å². The summed E-state index contributed by atoms with van der Waals surface area (Å²) in [5.74, 6) is 0. The van der Waals surface area contributed by atoms with E-state index in [-0.39, 0.29) is 0 Å². The number of unbranched alkanes of at least 4 members (excludes halogenated alkanes) is 2. The fourth-order valence-corrected chi connectivity index (χ4v) is 2.68. The average molecular weight is 186 g/mol. The fourth-order valence-electron chi connectivity index (χ4n) is 1.11. The van der Waals surface area contributed by atoms with Crippen molar-refractivity contribution in [1.29, 1.82) is 0 Å². The van der Waals surface area contributed by atoms with Crippen molar-refractivity contribution >= 4 is 8.32 Å². The molecule has 0 aliphatic rings. The predicted octanol–water partition coefficient (Wildman–Crippen LogP) is 3.51. The minimum absolute atomic E-state index is 0.845. The van der Waals surface area contributed by atoms with Crippen LogP contribution in [0.5, 0.6) is 0 Å². The van der Waals surface area contributed by atoms with Crippen molar-refractivity contribution in [3.8, 4) is 0 Å². The van der Waals surface area contributed by atoms with E-state index in [1.165, 1.54) is 19.3 Å². The van der Waals surface area contributed by atoms with E-state index in [4.69, 9.17) is 4.43 Å². The van der Waals surface area contributed by atoms with Gasteiger partial charge in [0.05, 0.1) is 0 Å². The monoisotopic (exact) mass is 186 g/mol. The van der Waals surface area contributed by atoms with Crippen LogP contribution in [0.15, 0.2) is 11.8 Å². The van der Waals surface area contributed by atoms with E-state index in [1.807, 2.05) is 0 Å². The maximum absolute atomic E-state index is 5.66. The van der Waals surface area contributed by atoms with Crippen molar-refractivity contribution < 1.29 is 4.43 Å². The van der Waals surface area contributed by atoms with Crippen LogP contribution in [-0.2, 0) is 4.43 Å². The maximum atomic E-state index is 5.66. The first-order valence-electron chi connectivity index (χ1n) is 4.94. The van der Waals surface area contributed by atoms with Crippen molar-refractivity contribution in [1.82, 2.24) is 0 Å². The van der Waals surface area contributed by atoms with E-state index in [2.05, 4.69) is 38.7 Å². The van der Waals surface area contributed by atoms with E-state index < -0.39 is 8.32 Å². The highest BCUT2D eigenvalue weighted by atomic mass is 28.4. The van der Waals surface area contributed by atoms with Crippen molar-refractivity contribution in [3.05, 3.63) is 11.8 Å². The van der Waals surface area contributed by atoms with Gasteiger partial charge in [-0.25, -0.2) is 0 Å². The molecule has 0 saturated heterocycles. The Balaban J connectivity index is 3.63. The molecule has 2 heteroatoms. The standard InChI is InChI=1S/C10H22OSi/c1-5-7-8-9-10-12(3,4)11-6-2/h9-10H,5-8H2,1-4H3. The molecular formula is C10H22OSi. The lowest BCUT2D eigenvalue weighted by Crippen LogP contribution is -2.27. The smallest absolute Gasteiger partial charge is 0.210 e. The fraction of sp³-hybridized carbons (Fsp3) is 0.800. The van der Waals surface area contributed by atoms with Gasteiger partial charge < -0.3 is 4.43 Å². The number of rotatable bonds is 6. The summed E-state index contributed by atoms with van der Waals surface area (Å²) < 4.78 is 5.66. The molecule has 0 spiro atoms. The highest BCUT2D eigenvalue weighted by molar-refractivity contribution is 6.76. The molecule has 0 radical (unpaired) electrons. The first-order chi connectivity index (χ1) is 5.62. The third-order valence-corrected chi connectivity index (χ3v) is 3.83. The molecule has 0 rings (SSSR count). The summed E-state index contributed by atoms with van der Waals surface area (Å²) in [6.45, 7) is 9.60.